The number of hydrogen-bond acceptors (Lipinski definition) is 2. The second-order valence-electron chi connectivity index (χ2n) is 3.13. The van der Waals surface area contributed by atoms with Crippen molar-refractivity contribution in [1.82, 2.24) is 5.32 Å². The van der Waals surface area contributed by atoms with Crippen LogP contribution in [0.2, 0.25) is 0 Å². The number of β-amino-alcohol motifs (C(OH)–C–C–N with tert-alkyl or cyclic N) is 1. The van der Waals surface area contributed by atoms with Gasteiger partial charge in [-0.05, 0) is 12.3 Å². The molecule has 2 heteroatoms. The zero-order valence-corrected chi connectivity index (χ0v) is 6.64. The molecule has 0 aromatic carbocycles. The van der Waals surface area contributed by atoms with Crippen LogP contribution >= 0.6 is 0 Å². The average Bonchev–Trinajstić information content (AvgIpc) is 2.31. The molecule has 2 unspecified atom stereocenters. The van der Waals surface area contributed by atoms with E-state index < -0.39 is 0 Å². The Labute approximate surface area is 62.6 Å². The van der Waals surface area contributed by atoms with Gasteiger partial charge in [-0.25, -0.2) is 0 Å². The SMILES string of the molecule is CCCCC1CNCC1O. The van der Waals surface area contributed by atoms with E-state index in [0.29, 0.717) is 5.92 Å². The smallest absolute Gasteiger partial charge is 0.0704 e. The summed E-state index contributed by atoms with van der Waals surface area (Å²) in [6, 6.07) is 0. The molecule has 0 radical (unpaired) electrons. The van der Waals surface area contributed by atoms with Gasteiger partial charge in [0.25, 0.3) is 0 Å². The van der Waals surface area contributed by atoms with E-state index in [1.807, 2.05) is 0 Å². The second-order valence-corrected chi connectivity index (χ2v) is 3.13. The van der Waals surface area contributed by atoms with Gasteiger partial charge in [-0.3, -0.25) is 0 Å². The fourth-order valence-electron chi connectivity index (χ4n) is 1.48. The first kappa shape index (κ1) is 8.02. The van der Waals surface area contributed by atoms with Crippen molar-refractivity contribution in [3.63, 3.8) is 0 Å². The first-order chi connectivity index (χ1) is 4.84. The summed E-state index contributed by atoms with van der Waals surface area (Å²) < 4.78 is 0. The molecular formula is C8H17NO. The Bertz CT molecular complexity index is 95.3. The van der Waals surface area contributed by atoms with Gasteiger partial charge in [-0.15, -0.1) is 0 Å². The summed E-state index contributed by atoms with van der Waals surface area (Å²) in [5.74, 6) is 0.528. The van der Waals surface area contributed by atoms with Crippen LogP contribution in [-0.4, -0.2) is 24.3 Å². The van der Waals surface area contributed by atoms with E-state index in [0.717, 1.165) is 13.1 Å². The molecule has 1 heterocycles. The standard InChI is InChI=1S/C8H17NO/c1-2-3-4-7-5-9-6-8(7)10/h7-10H,2-6H2,1H3. The largest absolute Gasteiger partial charge is 0.391 e. The molecule has 0 saturated carbocycles. The number of nitrogens with one attached hydrogen (secondary N) is 1. The Kier molecular flexibility index (Phi) is 3.16. The Morgan fingerprint density at radius 1 is 1.50 bits per heavy atom. The molecule has 1 rings (SSSR count). The zero-order valence-electron chi connectivity index (χ0n) is 6.64. The highest BCUT2D eigenvalue weighted by Gasteiger charge is 2.23. The van der Waals surface area contributed by atoms with Crippen LogP contribution in [0.5, 0.6) is 0 Å². The van der Waals surface area contributed by atoms with Gasteiger partial charge < -0.3 is 10.4 Å². The summed E-state index contributed by atoms with van der Waals surface area (Å²) in [5, 5.41) is 12.5. The molecule has 0 aromatic rings. The lowest BCUT2D eigenvalue weighted by atomic mass is 9.99. The van der Waals surface area contributed by atoms with Crippen LogP contribution in [0, 0.1) is 5.92 Å². The van der Waals surface area contributed by atoms with Crippen LogP contribution in [0.25, 0.3) is 0 Å². The molecule has 60 valence electrons. The molecule has 1 aliphatic rings. The lowest BCUT2D eigenvalue weighted by Crippen LogP contribution is -2.17. The molecule has 1 saturated heterocycles. The van der Waals surface area contributed by atoms with Crippen LogP contribution in [0.3, 0.4) is 0 Å². The van der Waals surface area contributed by atoms with Gasteiger partial charge in [0, 0.05) is 13.1 Å². The molecule has 2 N–H and O–H groups in total. The average molecular weight is 143 g/mol. The number of aliphatic hydroxyl groups excluding tert-OH is 1. The fraction of sp³-hybridized carbons (Fsp3) is 1.00. The third-order valence-electron chi connectivity index (χ3n) is 2.23. The maximum Gasteiger partial charge on any atom is 0.0704 e. The molecule has 0 bridgehead atoms. The first-order valence-corrected chi connectivity index (χ1v) is 4.23. The highest BCUT2D eigenvalue weighted by atomic mass is 16.3. The number of hydrogen-bond donors (Lipinski definition) is 2. The third-order valence-corrected chi connectivity index (χ3v) is 2.23. The van der Waals surface area contributed by atoms with Gasteiger partial charge in [-0.2, -0.15) is 0 Å². The normalized spacial score (nSPS) is 33.0. The van der Waals surface area contributed by atoms with E-state index in [1.54, 1.807) is 0 Å². The van der Waals surface area contributed by atoms with Crippen molar-refractivity contribution in [2.75, 3.05) is 13.1 Å². The maximum absolute atomic E-state index is 9.35. The number of rotatable bonds is 3. The quantitative estimate of drug-likeness (QED) is 0.611. The van der Waals surface area contributed by atoms with Gasteiger partial charge in [0.15, 0.2) is 0 Å². The van der Waals surface area contributed by atoms with Crippen LogP contribution < -0.4 is 5.32 Å². The van der Waals surface area contributed by atoms with Gasteiger partial charge in [0.2, 0.25) is 0 Å². The van der Waals surface area contributed by atoms with Crippen molar-refractivity contribution >= 4 is 0 Å². The summed E-state index contributed by atoms with van der Waals surface area (Å²) in [4.78, 5) is 0. The summed E-state index contributed by atoms with van der Waals surface area (Å²) >= 11 is 0. The topological polar surface area (TPSA) is 32.3 Å². The number of unbranched alkanes of at least 4 members (excludes halogenated alkanes) is 1. The van der Waals surface area contributed by atoms with Crippen molar-refractivity contribution in [3.05, 3.63) is 0 Å². The molecule has 1 aliphatic heterocycles. The highest BCUT2D eigenvalue weighted by molar-refractivity contribution is 4.79. The van der Waals surface area contributed by atoms with E-state index >= 15 is 0 Å². The lowest BCUT2D eigenvalue weighted by Gasteiger charge is -2.11. The highest BCUT2D eigenvalue weighted by Crippen LogP contribution is 2.15. The Morgan fingerprint density at radius 3 is 2.80 bits per heavy atom. The second kappa shape index (κ2) is 3.94. The zero-order chi connectivity index (χ0) is 7.40. The molecule has 0 spiro atoms. The Balaban J connectivity index is 2.14. The molecule has 10 heavy (non-hydrogen) atoms. The molecule has 2 atom stereocenters. The summed E-state index contributed by atoms with van der Waals surface area (Å²) in [5.41, 5.74) is 0. The van der Waals surface area contributed by atoms with Crippen LogP contribution in [0.4, 0.5) is 0 Å². The summed E-state index contributed by atoms with van der Waals surface area (Å²) in [6.45, 7) is 4.00. The van der Waals surface area contributed by atoms with Crippen molar-refractivity contribution < 1.29 is 5.11 Å². The van der Waals surface area contributed by atoms with Gasteiger partial charge in [0.05, 0.1) is 6.10 Å². The molecule has 0 amide bonds. The van der Waals surface area contributed by atoms with E-state index in [1.165, 1.54) is 19.3 Å². The Morgan fingerprint density at radius 2 is 2.30 bits per heavy atom. The minimum Gasteiger partial charge on any atom is -0.391 e. The predicted molar refractivity (Wildman–Crippen MR) is 41.9 cm³/mol. The van der Waals surface area contributed by atoms with Crippen LogP contribution in [-0.2, 0) is 0 Å². The Hall–Kier alpha value is -0.0800. The molecule has 0 aliphatic carbocycles. The van der Waals surface area contributed by atoms with E-state index in [4.69, 9.17) is 0 Å². The minimum absolute atomic E-state index is 0.0773. The van der Waals surface area contributed by atoms with Crippen molar-refractivity contribution in [1.29, 1.82) is 0 Å². The molecule has 1 fully saturated rings. The fourth-order valence-corrected chi connectivity index (χ4v) is 1.48. The van der Waals surface area contributed by atoms with Gasteiger partial charge in [-0.1, -0.05) is 19.8 Å². The predicted octanol–water partition coefficient (Wildman–Crippen LogP) is 0.757. The van der Waals surface area contributed by atoms with Crippen LogP contribution in [0.15, 0.2) is 0 Å². The van der Waals surface area contributed by atoms with Crippen molar-refractivity contribution in [2.45, 2.75) is 32.3 Å². The van der Waals surface area contributed by atoms with Crippen LogP contribution in [0.1, 0.15) is 26.2 Å². The monoisotopic (exact) mass is 143 g/mol. The minimum atomic E-state index is -0.0773. The summed E-state index contributed by atoms with van der Waals surface area (Å²) in [6.07, 6.45) is 3.60. The molecule has 2 nitrogen and oxygen atoms in total. The van der Waals surface area contributed by atoms with Gasteiger partial charge in [0.1, 0.15) is 0 Å². The maximum atomic E-state index is 9.35. The van der Waals surface area contributed by atoms with Crippen molar-refractivity contribution in [2.24, 2.45) is 5.92 Å². The molecular weight excluding hydrogens is 126 g/mol. The van der Waals surface area contributed by atoms with E-state index in [9.17, 15) is 5.11 Å². The first-order valence-electron chi connectivity index (χ1n) is 4.23. The van der Waals surface area contributed by atoms with Crippen molar-refractivity contribution in [3.8, 4) is 0 Å². The molecule has 0 aromatic heterocycles. The van der Waals surface area contributed by atoms with E-state index in [-0.39, 0.29) is 6.10 Å². The lowest BCUT2D eigenvalue weighted by molar-refractivity contribution is 0.141. The third kappa shape index (κ3) is 1.96. The van der Waals surface area contributed by atoms with Gasteiger partial charge >= 0.3 is 0 Å². The number of aliphatic hydroxyl groups is 1. The van der Waals surface area contributed by atoms with E-state index in [2.05, 4.69) is 12.2 Å². The summed E-state index contributed by atoms with van der Waals surface area (Å²) in [7, 11) is 0.